The van der Waals surface area contributed by atoms with Crippen molar-refractivity contribution in [1.29, 1.82) is 0 Å². The van der Waals surface area contributed by atoms with Crippen molar-refractivity contribution in [2.45, 2.75) is 36.7 Å². The highest BCUT2D eigenvalue weighted by Gasteiger charge is 2.34. The van der Waals surface area contributed by atoms with Crippen LogP contribution in [0.1, 0.15) is 19.8 Å². The van der Waals surface area contributed by atoms with Crippen molar-refractivity contribution in [3.63, 3.8) is 0 Å². The summed E-state index contributed by atoms with van der Waals surface area (Å²) < 4.78 is 24.2. The number of likely N-dealkylation sites (N-methyl/N-ethyl adjacent to an activating group) is 1. The highest BCUT2D eigenvalue weighted by molar-refractivity contribution is 7.91. The van der Waals surface area contributed by atoms with Gasteiger partial charge in [-0.1, -0.05) is 25.1 Å². The van der Waals surface area contributed by atoms with Crippen molar-refractivity contribution in [1.82, 2.24) is 15.5 Å². The van der Waals surface area contributed by atoms with Crippen LogP contribution in [0.5, 0.6) is 0 Å². The minimum Gasteiger partial charge on any atom is -0.480 e. The molecular weight excluding hydrogens is 358 g/mol. The summed E-state index contributed by atoms with van der Waals surface area (Å²) in [4.78, 5) is 24.8. The average molecular weight is 383 g/mol. The van der Waals surface area contributed by atoms with Gasteiger partial charge in [-0.2, -0.15) is 0 Å². The first-order valence-corrected chi connectivity index (χ1v) is 10.2. The topological polar surface area (TPSA) is 116 Å². The van der Waals surface area contributed by atoms with E-state index in [9.17, 15) is 18.0 Å². The van der Waals surface area contributed by atoms with E-state index in [1.54, 1.807) is 18.2 Å². The van der Waals surface area contributed by atoms with Gasteiger partial charge in [0.25, 0.3) is 0 Å². The molecule has 1 aliphatic rings. The number of hydrogen-bond donors (Lipinski definition) is 3. The predicted octanol–water partition coefficient (Wildman–Crippen LogP) is 0.697. The monoisotopic (exact) mass is 383 g/mol. The van der Waals surface area contributed by atoms with Crippen LogP contribution >= 0.6 is 0 Å². The maximum atomic E-state index is 12.1. The minimum absolute atomic E-state index is 0.00255. The van der Waals surface area contributed by atoms with Gasteiger partial charge in [0.2, 0.25) is 0 Å². The number of carboxylic acid groups (broad SMARTS) is 1. The number of carbonyl (C=O) groups excluding carboxylic acids is 1. The molecule has 1 aromatic carbocycles. The number of carboxylic acids is 1. The molecule has 8 nitrogen and oxygen atoms in total. The second-order valence-corrected chi connectivity index (χ2v) is 8.42. The molecule has 0 unspecified atom stereocenters. The molecule has 2 rings (SSSR count). The number of nitrogens with zero attached hydrogens (tertiary/aromatic N) is 1. The van der Waals surface area contributed by atoms with Crippen LogP contribution < -0.4 is 10.6 Å². The Balaban J connectivity index is 1.68. The lowest BCUT2D eigenvalue weighted by atomic mass is 9.85. The number of hydrogen-bond acceptors (Lipinski definition) is 5. The van der Waals surface area contributed by atoms with Gasteiger partial charge in [0.1, 0.15) is 0 Å². The number of amides is 2. The Morgan fingerprint density at radius 3 is 2.46 bits per heavy atom. The summed E-state index contributed by atoms with van der Waals surface area (Å²) in [6, 6.07) is 7.84. The van der Waals surface area contributed by atoms with E-state index in [0.717, 1.165) is 0 Å². The maximum absolute atomic E-state index is 12.1. The number of nitrogens with one attached hydrogen (secondary N) is 2. The third kappa shape index (κ3) is 5.70. The molecule has 2 amide bonds. The van der Waals surface area contributed by atoms with E-state index < -0.39 is 21.8 Å². The first-order valence-electron chi connectivity index (χ1n) is 8.60. The molecular formula is C17H25N3O5S. The second-order valence-electron chi connectivity index (χ2n) is 6.31. The Kier molecular flexibility index (Phi) is 6.98. The Hall–Kier alpha value is -2.13. The first-order chi connectivity index (χ1) is 12.3. The Labute approximate surface area is 153 Å². The summed E-state index contributed by atoms with van der Waals surface area (Å²) in [5.41, 5.74) is 0. The summed E-state index contributed by atoms with van der Waals surface area (Å²) in [5.74, 6) is -1.03. The van der Waals surface area contributed by atoms with Crippen LogP contribution in [0.2, 0.25) is 0 Å². The van der Waals surface area contributed by atoms with Crippen LogP contribution in [0.4, 0.5) is 4.79 Å². The third-order valence-electron chi connectivity index (χ3n) is 4.47. The van der Waals surface area contributed by atoms with E-state index >= 15 is 0 Å². The molecule has 0 heterocycles. The van der Waals surface area contributed by atoms with Gasteiger partial charge in [0, 0.05) is 18.6 Å². The SMILES string of the molecule is CCN(CC(=O)O)C1CC(NC(=O)NCCS(=O)(=O)c2ccccc2)C1. The van der Waals surface area contributed by atoms with Crippen molar-refractivity contribution in [2.75, 3.05) is 25.4 Å². The van der Waals surface area contributed by atoms with Crippen molar-refractivity contribution in [3.05, 3.63) is 30.3 Å². The summed E-state index contributed by atoms with van der Waals surface area (Å²) in [6.45, 7) is 2.58. The molecule has 0 radical (unpaired) electrons. The fourth-order valence-electron chi connectivity index (χ4n) is 2.96. The van der Waals surface area contributed by atoms with E-state index in [1.165, 1.54) is 12.1 Å². The van der Waals surface area contributed by atoms with Gasteiger partial charge >= 0.3 is 12.0 Å². The Morgan fingerprint density at radius 2 is 1.88 bits per heavy atom. The van der Waals surface area contributed by atoms with Crippen LogP contribution in [-0.2, 0) is 14.6 Å². The molecule has 0 atom stereocenters. The number of urea groups is 1. The predicted molar refractivity (Wildman–Crippen MR) is 96.7 cm³/mol. The summed E-state index contributed by atoms with van der Waals surface area (Å²) in [6.07, 6.45) is 1.38. The number of carbonyl (C=O) groups is 2. The van der Waals surface area contributed by atoms with Gasteiger partial charge in [-0.05, 0) is 31.5 Å². The van der Waals surface area contributed by atoms with Gasteiger partial charge in [-0.15, -0.1) is 0 Å². The smallest absolute Gasteiger partial charge is 0.317 e. The zero-order valence-electron chi connectivity index (χ0n) is 14.7. The van der Waals surface area contributed by atoms with Gasteiger partial charge in [0.05, 0.1) is 17.2 Å². The molecule has 1 saturated carbocycles. The Morgan fingerprint density at radius 1 is 1.23 bits per heavy atom. The number of rotatable bonds is 9. The molecule has 1 fully saturated rings. The second kappa shape index (κ2) is 9.00. The number of sulfone groups is 1. The molecule has 0 bridgehead atoms. The molecule has 1 aliphatic carbocycles. The van der Waals surface area contributed by atoms with Gasteiger partial charge in [-0.25, -0.2) is 13.2 Å². The van der Waals surface area contributed by atoms with Gasteiger partial charge in [-0.3, -0.25) is 9.69 Å². The van der Waals surface area contributed by atoms with Crippen LogP contribution in [0, 0.1) is 0 Å². The first kappa shape index (κ1) is 20.2. The summed E-state index contributed by atoms with van der Waals surface area (Å²) in [7, 11) is -3.42. The lowest BCUT2D eigenvalue weighted by Gasteiger charge is -2.42. The van der Waals surface area contributed by atoms with E-state index in [1.807, 2.05) is 11.8 Å². The van der Waals surface area contributed by atoms with E-state index in [0.29, 0.717) is 19.4 Å². The maximum Gasteiger partial charge on any atom is 0.317 e. The molecule has 0 spiro atoms. The zero-order chi connectivity index (χ0) is 19.2. The van der Waals surface area contributed by atoms with E-state index in [4.69, 9.17) is 5.11 Å². The highest BCUT2D eigenvalue weighted by Crippen LogP contribution is 2.25. The molecule has 9 heteroatoms. The van der Waals surface area contributed by atoms with Crippen LogP contribution in [0.3, 0.4) is 0 Å². The largest absolute Gasteiger partial charge is 0.480 e. The highest BCUT2D eigenvalue weighted by atomic mass is 32.2. The number of aliphatic carboxylic acids is 1. The summed E-state index contributed by atoms with van der Waals surface area (Å²) in [5, 5.41) is 14.2. The van der Waals surface area contributed by atoms with Crippen molar-refractivity contribution in [3.8, 4) is 0 Å². The Bertz CT molecular complexity index is 717. The summed E-state index contributed by atoms with van der Waals surface area (Å²) >= 11 is 0. The average Bonchev–Trinajstić information content (AvgIpc) is 2.56. The van der Waals surface area contributed by atoms with Crippen LogP contribution in [0.25, 0.3) is 0 Å². The molecule has 3 N–H and O–H groups in total. The van der Waals surface area contributed by atoms with Crippen molar-refractivity contribution < 1.29 is 23.1 Å². The van der Waals surface area contributed by atoms with Crippen molar-refractivity contribution in [2.24, 2.45) is 0 Å². The molecule has 144 valence electrons. The van der Waals surface area contributed by atoms with Gasteiger partial charge in [0.15, 0.2) is 9.84 Å². The normalized spacial score (nSPS) is 19.6. The molecule has 1 aromatic rings. The molecule has 0 aliphatic heterocycles. The van der Waals surface area contributed by atoms with E-state index in [2.05, 4.69) is 10.6 Å². The van der Waals surface area contributed by atoms with E-state index in [-0.39, 0.29) is 35.8 Å². The zero-order valence-corrected chi connectivity index (χ0v) is 15.5. The quantitative estimate of drug-likeness (QED) is 0.578. The fraction of sp³-hybridized carbons (Fsp3) is 0.529. The number of benzene rings is 1. The lowest BCUT2D eigenvalue weighted by Crippen LogP contribution is -2.56. The molecule has 26 heavy (non-hydrogen) atoms. The van der Waals surface area contributed by atoms with Gasteiger partial charge < -0.3 is 15.7 Å². The van der Waals surface area contributed by atoms with Crippen LogP contribution in [0.15, 0.2) is 35.2 Å². The third-order valence-corrected chi connectivity index (χ3v) is 6.20. The van der Waals surface area contributed by atoms with Crippen LogP contribution in [-0.4, -0.2) is 67.9 Å². The molecule has 0 saturated heterocycles. The fourth-order valence-corrected chi connectivity index (χ4v) is 4.14. The molecule has 0 aromatic heterocycles. The lowest BCUT2D eigenvalue weighted by molar-refractivity contribution is -0.139. The minimum atomic E-state index is -3.42. The standard InChI is InChI=1S/C17H25N3O5S/c1-2-20(12-16(21)22)14-10-13(11-14)19-17(23)18-8-9-26(24,25)15-6-4-3-5-7-15/h3-7,13-14H,2,8-12H2,1H3,(H,21,22)(H2,18,19,23). The van der Waals surface area contributed by atoms with Crippen molar-refractivity contribution >= 4 is 21.8 Å².